The van der Waals surface area contributed by atoms with Crippen molar-refractivity contribution in [2.24, 2.45) is 5.92 Å². The normalized spacial score (nSPS) is 17.1. The largest absolute Gasteiger partial charge is 0.573 e. The first kappa shape index (κ1) is 19.3. The molecule has 3 N–H and O–H groups in total. The van der Waals surface area contributed by atoms with Crippen LogP contribution in [-0.4, -0.2) is 36.2 Å². The summed E-state index contributed by atoms with van der Waals surface area (Å²) in [5.74, 6) is -0.807. The Morgan fingerprint density at radius 2 is 2.15 bits per heavy atom. The van der Waals surface area contributed by atoms with Crippen LogP contribution < -0.4 is 20.8 Å². The van der Waals surface area contributed by atoms with Crippen LogP contribution in [0, 0.1) is 5.92 Å². The van der Waals surface area contributed by atoms with Gasteiger partial charge in [0.25, 0.3) is 5.56 Å². The fraction of sp³-hybridized carbons (Fsp3) is 0.375. The number of nitrogens with one attached hydrogen (secondary N) is 1. The van der Waals surface area contributed by atoms with Gasteiger partial charge >= 0.3 is 6.36 Å². The molecule has 1 aliphatic rings. The van der Waals surface area contributed by atoms with E-state index in [1.165, 1.54) is 12.1 Å². The Morgan fingerprint density at radius 3 is 2.81 bits per heavy atom. The molecule has 2 aromatic rings. The molecule has 1 saturated heterocycles. The highest BCUT2D eigenvalue weighted by Crippen LogP contribution is 2.37. The molecule has 0 saturated carbocycles. The van der Waals surface area contributed by atoms with Crippen LogP contribution in [-0.2, 0) is 4.74 Å². The molecule has 7 nitrogen and oxygen atoms in total. The number of benzene rings is 1. The first-order chi connectivity index (χ1) is 12.7. The van der Waals surface area contributed by atoms with Crippen LogP contribution in [0.2, 0.25) is 5.02 Å². The van der Waals surface area contributed by atoms with Crippen LogP contribution in [0.1, 0.15) is 6.42 Å². The summed E-state index contributed by atoms with van der Waals surface area (Å²) in [6.07, 6.45) is -4.17. The van der Waals surface area contributed by atoms with Crippen molar-refractivity contribution in [3.05, 3.63) is 33.6 Å². The van der Waals surface area contributed by atoms with Gasteiger partial charge in [0.2, 0.25) is 5.95 Å². The lowest BCUT2D eigenvalue weighted by molar-refractivity contribution is -0.275. The van der Waals surface area contributed by atoms with Gasteiger partial charge in [-0.05, 0) is 24.6 Å². The molecule has 0 amide bonds. The molecule has 0 bridgehead atoms. The topological polar surface area (TPSA) is 99.5 Å². The summed E-state index contributed by atoms with van der Waals surface area (Å²) >= 11 is 5.90. The molecule has 146 valence electrons. The number of halogens is 4. The number of H-pyrrole nitrogens is 1. The lowest BCUT2D eigenvalue weighted by Crippen LogP contribution is -2.19. The maximum absolute atomic E-state index is 12.8. The molecule has 2 heterocycles. The summed E-state index contributed by atoms with van der Waals surface area (Å²) in [7, 11) is 0. The molecule has 0 aliphatic carbocycles. The van der Waals surface area contributed by atoms with Crippen molar-refractivity contribution in [2.75, 3.05) is 25.6 Å². The van der Waals surface area contributed by atoms with Gasteiger partial charge in [-0.3, -0.25) is 9.78 Å². The number of nitrogens with two attached hydrogens (primary N) is 1. The highest BCUT2D eigenvalue weighted by Gasteiger charge is 2.33. The number of aromatic nitrogens is 2. The number of nitrogens with zero attached hydrogens (tertiary/aromatic N) is 1. The lowest BCUT2D eigenvalue weighted by atomic mass is 10.1. The van der Waals surface area contributed by atoms with Crippen LogP contribution in [0.25, 0.3) is 11.3 Å². The smallest absolute Gasteiger partial charge is 0.489 e. The number of aromatic amines is 1. The molecular formula is C16H15ClF3N3O4. The third-order valence-corrected chi connectivity index (χ3v) is 4.17. The lowest BCUT2D eigenvalue weighted by Gasteiger charge is -2.17. The van der Waals surface area contributed by atoms with E-state index in [0.29, 0.717) is 13.2 Å². The summed E-state index contributed by atoms with van der Waals surface area (Å²) in [4.78, 5) is 17.8. The van der Waals surface area contributed by atoms with E-state index in [4.69, 9.17) is 26.8 Å². The van der Waals surface area contributed by atoms with Gasteiger partial charge in [-0.25, -0.2) is 4.98 Å². The van der Waals surface area contributed by atoms with Crippen molar-refractivity contribution < 1.29 is 27.4 Å². The van der Waals surface area contributed by atoms with Gasteiger partial charge in [-0.15, -0.1) is 13.2 Å². The predicted octanol–water partition coefficient (Wildman–Crippen LogP) is 2.99. The summed E-state index contributed by atoms with van der Waals surface area (Å²) in [6, 6.07) is 3.75. The number of hydrogen-bond donors (Lipinski definition) is 2. The number of anilines is 1. The zero-order valence-electron chi connectivity index (χ0n) is 13.8. The number of ether oxygens (including phenoxy) is 3. The zero-order valence-corrected chi connectivity index (χ0v) is 14.6. The monoisotopic (exact) mass is 405 g/mol. The second-order valence-corrected chi connectivity index (χ2v) is 6.24. The third kappa shape index (κ3) is 4.83. The van der Waals surface area contributed by atoms with E-state index < -0.39 is 17.7 Å². The van der Waals surface area contributed by atoms with Crippen molar-refractivity contribution in [1.82, 2.24) is 9.97 Å². The standard InChI is InChI=1S/C16H15ClF3N3O4/c17-12-13(22-15(21)23-14(12)24)9-1-2-10(11(5-9)27-16(18,19)20)26-7-8-3-4-25-6-8/h1-2,5,8H,3-4,6-7H2,(H3,21,22,23,24). The summed E-state index contributed by atoms with van der Waals surface area (Å²) in [5.41, 5.74) is 4.82. The summed E-state index contributed by atoms with van der Waals surface area (Å²) in [5, 5.41) is -0.307. The van der Waals surface area contributed by atoms with E-state index in [1.54, 1.807) is 0 Å². The Balaban J connectivity index is 1.95. The first-order valence-electron chi connectivity index (χ1n) is 7.89. The zero-order chi connectivity index (χ0) is 19.6. The van der Waals surface area contributed by atoms with E-state index in [1.807, 2.05) is 0 Å². The van der Waals surface area contributed by atoms with Crippen molar-refractivity contribution in [3.8, 4) is 22.8 Å². The SMILES string of the molecule is Nc1nc(-c2ccc(OCC3CCOC3)c(OC(F)(F)F)c2)c(Cl)c(=O)[nH]1. The van der Waals surface area contributed by atoms with E-state index in [2.05, 4.69) is 14.7 Å². The average Bonchev–Trinajstić information content (AvgIpc) is 3.09. The van der Waals surface area contributed by atoms with Crippen molar-refractivity contribution in [1.29, 1.82) is 0 Å². The molecule has 11 heteroatoms. The second kappa shape index (κ2) is 7.65. The quantitative estimate of drug-likeness (QED) is 0.793. The van der Waals surface area contributed by atoms with Gasteiger partial charge in [0.15, 0.2) is 11.5 Å². The van der Waals surface area contributed by atoms with Gasteiger partial charge in [-0.1, -0.05) is 11.6 Å². The number of rotatable bonds is 5. The van der Waals surface area contributed by atoms with Gasteiger partial charge in [-0.2, -0.15) is 0 Å². The van der Waals surface area contributed by atoms with Gasteiger partial charge in [0.1, 0.15) is 5.02 Å². The fourth-order valence-corrected chi connectivity index (χ4v) is 2.77. The Morgan fingerprint density at radius 1 is 1.37 bits per heavy atom. The summed E-state index contributed by atoms with van der Waals surface area (Å²) in [6.45, 7) is 1.26. The van der Waals surface area contributed by atoms with Crippen molar-refractivity contribution in [2.45, 2.75) is 12.8 Å². The van der Waals surface area contributed by atoms with Crippen LogP contribution in [0.4, 0.5) is 19.1 Å². The Kier molecular flexibility index (Phi) is 5.47. The first-order valence-corrected chi connectivity index (χ1v) is 8.27. The maximum Gasteiger partial charge on any atom is 0.573 e. The van der Waals surface area contributed by atoms with Crippen molar-refractivity contribution >= 4 is 17.5 Å². The molecule has 1 aliphatic heterocycles. The van der Waals surface area contributed by atoms with Crippen LogP contribution >= 0.6 is 11.6 Å². The summed E-state index contributed by atoms with van der Waals surface area (Å²) < 4.78 is 53.1. The second-order valence-electron chi connectivity index (χ2n) is 5.86. The Labute approximate surface area is 156 Å². The van der Waals surface area contributed by atoms with Crippen molar-refractivity contribution in [3.63, 3.8) is 0 Å². The molecule has 3 rings (SSSR count). The third-order valence-electron chi connectivity index (χ3n) is 3.82. The molecule has 1 unspecified atom stereocenters. The molecular weight excluding hydrogens is 391 g/mol. The molecule has 1 aromatic carbocycles. The predicted molar refractivity (Wildman–Crippen MR) is 90.8 cm³/mol. The highest BCUT2D eigenvalue weighted by atomic mass is 35.5. The van der Waals surface area contributed by atoms with Crippen LogP contribution in [0.5, 0.6) is 11.5 Å². The van der Waals surface area contributed by atoms with E-state index in [9.17, 15) is 18.0 Å². The average molecular weight is 406 g/mol. The van der Waals surface area contributed by atoms with Gasteiger partial charge < -0.3 is 19.9 Å². The minimum atomic E-state index is -4.93. The maximum atomic E-state index is 12.8. The number of alkyl halides is 3. The van der Waals surface area contributed by atoms with Gasteiger partial charge in [0, 0.05) is 18.1 Å². The molecule has 1 atom stereocenters. The molecule has 1 aromatic heterocycles. The molecule has 0 spiro atoms. The van der Waals surface area contributed by atoms with Crippen LogP contribution in [0.3, 0.4) is 0 Å². The Hall–Kier alpha value is -2.46. The minimum Gasteiger partial charge on any atom is -0.489 e. The van der Waals surface area contributed by atoms with E-state index in [0.717, 1.165) is 12.5 Å². The van der Waals surface area contributed by atoms with Crippen LogP contribution in [0.15, 0.2) is 23.0 Å². The minimum absolute atomic E-state index is 0.0688. The fourth-order valence-electron chi connectivity index (χ4n) is 2.57. The number of hydrogen-bond acceptors (Lipinski definition) is 6. The Bertz CT molecular complexity index is 882. The highest BCUT2D eigenvalue weighted by molar-refractivity contribution is 6.32. The number of nitrogen functional groups attached to an aromatic ring is 1. The molecule has 27 heavy (non-hydrogen) atoms. The van der Waals surface area contributed by atoms with Gasteiger partial charge in [0.05, 0.1) is 18.9 Å². The molecule has 0 radical (unpaired) electrons. The van der Waals surface area contributed by atoms with E-state index in [-0.39, 0.29) is 40.5 Å². The van der Waals surface area contributed by atoms with E-state index >= 15 is 0 Å². The molecule has 1 fully saturated rings.